The van der Waals surface area contributed by atoms with Gasteiger partial charge in [-0.15, -0.1) is 0 Å². The molecule has 1 atom stereocenters. The Bertz CT molecular complexity index is 555. The van der Waals surface area contributed by atoms with Gasteiger partial charge in [-0.05, 0) is 18.6 Å². The molecule has 5 nitrogen and oxygen atoms in total. The van der Waals surface area contributed by atoms with Crippen LogP contribution in [0, 0.1) is 0 Å². The standard InChI is InChI=1S/C17H25ClN4O/c1-13(2)11-20-17(19)21-12-16(22-7-9-23-10-8-22)14-5-3-4-6-15(14)18/h3-6,16H,1,7-12H2,2H3,(H3,19,20,21). The normalized spacial score (nSPS) is 17.7. The average Bonchev–Trinajstić information content (AvgIpc) is 2.55. The zero-order valence-electron chi connectivity index (χ0n) is 13.6. The van der Waals surface area contributed by atoms with E-state index in [2.05, 4.69) is 27.9 Å². The lowest BCUT2D eigenvalue weighted by molar-refractivity contribution is 0.0180. The van der Waals surface area contributed by atoms with Crippen LogP contribution < -0.4 is 11.1 Å². The molecule has 126 valence electrons. The van der Waals surface area contributed by atoms with Crippen molar-refractivity contribution in [3.05, 3.63) is 47.0 Å². The lowest BCUT2D eigenvalue weighted by atomic mass is 10.0. The second-order valence-electron chi connectivity index (χ2n) is 5.72. The zero-order valence-corrected chi connectivity index (χ0v) is 14.4. The Hall–Kier alpha value is -1.56. The van der Waals surface area contributed by atoms with Crippen LogP contribution >= 0.6 is 11.6 Å². The monoisotopic (exact) mass is 336 g/mol. The minimum atomic E-state index is 0.0952. The second kappa shape index (κ2) is 8.91. The number of hydrogen-bond acceptors (Lipinski definition) is 3. The fraction of sp³-hybridized carbons (Fsp3) is 0.471. The fourth-order valence-corrected chi connectivity index (χ4v) is 2.79. The summed E-state index contributed by atoms with van der Waals surface area (Å²) in [5.74, 6) is 0.429. The molecule has 0 bridgehead atoms. The molecule has 2 rings (SSSR count). The van der Waals surface area contributed by atoms with Crippen LogP contribution in [0.3, 0.4) is 0 Å². The van der Waals surface area contributed by atoms with E-state index in [-0.39, 0.29) is 6.04 Å². The van der Waals surface area contributed by atoms with Crippen molar-refractivity contribution in [3.8, 4) is 0 Å². The maximum atomic E-state index is 6.39. The molecule has 0 spiro atoms. The Morgan fingerprint density at radius 1 is 1.43 bits per heavy atom. The molecule has 1 heterocycles. The number of rotatable bonds is 6. The molecule has 1 aromatic rings. The van der Waals surface area contributed by atoms with Gasteiger partial charge >= 0.3 is 0 Å². The summed E-state index contributed by atoms with van der Waals surface area (Å²) in [5.41, 5.74) is 8.03. The van der Waals surface area contributed by atoms with Gasteiger partial charge in [0.1, 0.15) is 0 Å². The van der Waals surface area contributed by atoms with Gasteiger partial charge in [0.05, 0.1) is 25.8 Å². The number of nitrogens with two attached hydrogens (primary N) is 1. The number of nitrogens with zero attached hydrogens (tertiary/aromatic N) is 2. The lowest BCUT2D eigenvalue weighted by Gasteiger charge is -2.34. The minimum absolute atomic E-state index is 0.0952. The van der Waals surface area contributed by atoms with Crippen LogP contribution in [0.15, 0.2) is 41.4 Å². The van der Waals surface area contributed by atoms with Crippen molar-refractivity contribution < 1.29 is 4.74 Å². The summed E-state index contributed by atoms with van der Waals surface area (Å²) in [6.07, 6.45) is 0. The highest BCUT2D eigenvalue weighted by molar-refractivity contribution is 6.31. The number of nitrogens with one attached hydrogen (secondary N) is 1. The molecular weight excluding hydrogens is 312 g/mol. The van der Waals surface area contributed by atoms with E-state index in [1.807, 2.05) is 25.1 Å². The average molecular weight is 337 g/mol. The van der Waals surface area contributed by atoms with Crippen LogP contribution in [-0.2, 0) is 4.74 Å². The van der Waals surface area contributed by atoms with Crippen molar-refractivity contribution in [3.63, 3.8) is 0 Å². The number of halogens is 1. The molecule has 0 amide bonds. The molecule has 0 aliphatic carbocycles. The Kier molecular flexibility index (Phi) is 6.89. The van der Waals surface area contributed by atoms with Gasteiger partial charge in [0.25, 0.3) is 0 Å². The summed E-state index contributed by atoms with van der Waals surface area (Å²) < 4.78 is 5.45. The summed E-state index contributed by atoms with van der Waals surface area (Å²) in [7, 11) is 0. The van der Waals surface area contributed by atoms with Gasteiger partial charge in [-0.25, -0.2) is 0 Å². The smallest absolute Gasteiger partial charge is 0.188 e. The highest BCUT2D eigenvalue weighted by Gasteiger charge is 2.24. The SMILES string of the molecule is C=C(C)CNC(N)=NCC(c1ccccc1Cl)N1CCOCC1. The first-order chi connectivity index (χ1) is 11.1. The lowest BCUT2D eigenvalue weighted by Crippen LogP contribution is -2.41. The number of guanidine groups is 1. The summed E-state index contributed by atoms with van der Waals surface area (Å²) in [6.45, 7) is 10.2. The van der Waals surface area contributed by atoms with Crippen LogP contribution in [0.25, 0.3) is 0 Å². The van der Waals surface area contributed by atoms with Crippen molar-refractivity contribution in [2.24, 2.45) is 10.7 Å². The van der Waals surface area contributed by atoms with E-state index in [0.717, 1.165) is 42.5 Å². The van der Waals surface area contributed by atoms with Gasteiger partial charge in [-0.2, -0.15) is 0 Å². The maximum Gasteiger partial charge on any atom is 0.188 e. The molecule has 1 aliphatic rings. The summed E-state index contributed by atoms with van der Waals surface area (Å²) in [5, 5.41) is 3.82. The van der Waals surface area contributed by atoms with Crippen LogP contribution in [0.4, 0.5) is 0 Å². The van der Waals surface area contributed by atoms with E-state index < -0.39 is 0 Å². The first kappa shape index (κ1) is 17.8. The Morgan fingerprint density at radius 3 is 2.78 bits per heavy atom. The van der Waals surface area contributed by atoms with Gasteiger partial charge < -0.3 is 15.8 Å². The third kappa shape index (κ3) is 5.53. The Labute approximate surface area is 143 Å². The van der Waals surface area contributed by atoms with E-state index in [1.54, 1.807) is 0 Å². The topological polar surface area (TPSA) is 62.9 Å². The molecule has 0 aromatic heterocycles. The molecule has 0 radical (unpaired) electrons. The molecular formula is C17H25ClN4O. The maximum absolute atomic E-state index is 6.39. The number of ether oxygens (including phenoxy) is 1. The zero-order chi connectivity index (χ0) is 16.7. The van der Waals surface area contributed by atoms with Crippen molar-refractivity contribution in [1.29, 1.82) is 0 Å². The first-order valence-electron chi connectivity index (χ1n) is 7.82. The van der Waals surface area contributed by atoms with Crippen LogP contribution in [0.2, 0.25) is 5.02 Å². The van der Waals surface area contributed by atoms with Crippen molar-refractivity contribution >= 4 is 17.6 Å². The summed E-state index contributed by atoms with van der Waals surface area (Å²) >= 11 is 6.39. The molecule has 1 aliphatic heterocycles. The molecule has 6 heteroatoms. The molecule has 1 aromatic carbocycles. The molecule has 23 heavy (non-hydrogen) atoms. The number of hydrogen-bond donors (Lipinski definition) is 2. The Balaban J connectivity index is 2.12. The van der Waals surface area contributed by atoms with Crippen LogP contribution in [0.5, 0.6) is 0 Å². The summed E-state index contributed by atoms with van der Waals surface area (Å²) in [6, 6.07) is 8.00. The molecule has 1 unspecified atom stereocenters. The van der Waals surface area contributed by atoms with Gasteiger partial charge in [0, 0.05) is 24.7 Å². The van der Waals surface area contributed by atoms with E-state index in [0.29, 0.717) is 19.0 Å². The number of benzene rings is 1. The minimum Gasteiger partial charge on any atom is -0.379 e. The van der Waals surface area contributed by atoms with E-state index in [4.69, 9.17) is 22.1 Å². The van der Waals surface area contributed by atoms with E-state index >= 15 is 0 Å². The highest BCUT2D eigenvalue weighted by Crippen LogP contribution is 2.28. The fourth-order valence-electron chi connectivity index (χ4n) is 2.53. The van der Waals surface area contributed by atoms with Crippen molar-refractivity contribution in [1.82, 2.24) is 10.2 Å². The first-order valence-corrected chi connectivity index (χ1v) is 8.20. The molecule has 1 fully saturated rings. The number of aliphatic imine (C=N–C) groups is 1. The van der Waals surface area contributed by atoms with Crippen LogP contribution in [-0.4, -0.2) is 50.3 Å². The Morgan fingerprint density at radius 2 is 2.13 bits per heavy atom. The van der Waals surface area contributed by atoms with Crippen molar-refractivity contribution in [2.45, 2.75) is 13.0 Å². The molecule has 0 saturated carbocycles. The highest BCUT2D eigenvalue weighted by atomic mass is 35.5. The van der Waals surface area contributed by atoms with E-state index in [1.165, 1.54) is 0 Å². The quantitative estimate of drug-likeness (QED) is 0.475. The molecule has 3 N–H and O–H groups in total. The molecule has 1 saturated heterocycles. The van der Waals surface area contributed by atoms with Gasteiger partial charge in [0.2, 0.25) is 0 Å². The predicted octanol–water partition coefficient (Wildman–Crippen LogP) is 2.19. The number of morpholine rings is 1. The van der Waals surface area contributed by atoms with Gasteiger partial charge in [-0.1, -0.05) is 42.0 Å². The second-order valence-corrected chi connectivity index (χ2v) is 6.13. The van der Waals surface area contributed by atoms with Crippen LogP contribution in [0.1, 0.15) is 18.5 Å². The third-order valence-corrected chi connectivity index (χ3v) is 4.10. The largest absolute Gasteiger partial charge is 0.379 e. The van der Waals surface area contributed by atoms with Gasteiger partial charge in [0.15, 0.2) is 5.96 Å². The third-order valence-electron chi connectivity index (χ3n) is 3.76. The van der Waals surface area contributed by atoms with Crippen molar-refractivity contribution in [2.75, 3.05) is 39.4 Å². The predicted molar refractivity (Wildman–Crippen MR) is 95.9 cm³/mol. The summed E-state index contributed by atoms with van der Waals surface area (Å²) in [4.78, 5) is 6.84. The van der Waals surface area contributed by atoms with Gasteiger partial charge in [-0.3, -0.25) is 9.89 Å². The van der Waals surface area contributed by atoms with E-state index in [9.17, 15) is 0 Å².